The number of hydrogen-bond donors (Lipinski definition) is 1. The molecule has 1 amide bonds. The van der Waals surface area contributed by atoms with E-state index in [1.807, 2.05) is 18.2 Å². The van der Waals surface area contributed by atoms with Gasteiger partial charge in [-0.25, -0.2) is 0 Å². The van der Waals surface area contributed by atoms with Crippen LogP contribution in [-0.4, -0.2) is 5.91 Å². The Morgan fingerprint density at radius 3 is 2.88 bits per heavy atom. The van der Waals surface area contributed by atoms with E-state index in [4.69, 9.17) is 18.0 Å². The van der Waals surface area contributed by atoms with Crippen molar-refractivity contribution in [2.24, 2.45) is 0 Å². The molecule has 0 aliphatic carbocycles. The third-order valence-corrected chi connectivity index (χ3v) is 3.16. The Labute approximate surface area is 120 Å². The van der Waals surface area contributed by atoms with Crippen LogP contribution in [0.3, 0.4) is 0 Å². The molecule has 0 aliphatic rings. The summed E-state index contributed by atoms with van der Waals surface area (Å²) in [5, 5.41) is 3.35. The van der Waals surface area contributed by atoms with Crippen LogP contribution in [0.4, 0.5) is 5.69 Å². The van der Waals surface area contributed by atoms with Crippen LogP contribution < -0.4 is 5.32 Å². The third kappa shape index (κ3) is 5.42. The standard InChI is InChI=1S/C13H13ClINO/c1-2-3-4-5-6-13(17)16-12-8-7-10(15)9-11(12)14/h1,7-9H,3-6H2,(H,16,17). The topological polar surface area (TPSA) is 29.1 Å². The van der Waals surface area contributed by atoms with E-state index >= 15 is 0 Å². The molecular formula is C13H13ClINO. The van der Waals surface area contributed by atoms with Crippen molar-refractivity contribution in [3.63, 3.8) is 0 Å². The van der Waals surface area contributed by atoms with E-state index in [2.05, 4.69) is 33.8 Å². The summed E-state index contributed by atoms with van der Waals surface area (Å²) in [5.41, 5.74) is 0.661. The zero-order valence-corrected chi connectivity index (χ0v) is 12.2. The van der Waals surface area contributed by atoms with Crippen molar-refractivity contribution in [3.8, 4) is 12.3 Å². The first-order chi connectivity index (χ1) is 8.13. The lowest BCUT2D eigenvalue weighted by molar-refractivity contribution is -0.116. The summed E-state index contributed by atoms with van der Waals surface area (Å²) in [5.74, 6) is 2.53. The minimum absolute atomic E-state index is 0.0230. The summed E-state index contributed by atoms with van der Waals surface area (Å²) in [4.78, 5) is 11.6. The average Bonchev–Trinajstić information content (AvgIpc) is 2.28. The monoisotopic (exact) mass is 361 g/mol. The maximum Gasteiger partial charge on any atom is 0.224 e. The Kier molecular flexibility index (Phi) is 6.38. The Morgan fingerprint density at radius 2 is 2.24 bits per heavy atom. The van der Waals surface area contributed by atoms with Gasteiger partial charge < -0.3 is 5.32 Å². The van der Waals surface area contributed by atoms with Crippen molar-refractivity contribution in [2.45, 2.75) is 25.7 Å². The van der Waals surface area contributed by atoms with Gasteiger partial charge in [-0.3, -0.25) is 4.79 Å². The third-order valence-electron chi connectivity index (χ3n) is 2.18. The van der Waals surface area contributed by atoms with Crippen LogP contribution in [0.25, 0.3) is 0 Å². The highest BCUT2D eigenvalue weighted by molar-refractivity contribution is 14.1. The second kappa shape index (κ2) is 7.57. The van der Waals surface area contributed by atoms with Crippen LogP contribution in [0.2, 0.25) is 5.02 Å². The second-order valence-electron chi connectivity index (χ2n) is 3.58. The lowest BCUT2D eigenvalue weighted by atomic mass is 10.2. The molecule has 4 heteroatoms. The van der Waals surface area contributed by atoms with Gasteiger partial charge in [-0.15, -0.1) is 12.3 Å². The highest BCUT2D eigenvalue weighted by Gasteiger charge is 2.05. The highest BCUT2D eigenvalue weighted by atomic mass is 127. The quantitative estimate of drug-likeness (QED) is 0.478. The zero-order chi connectivity index (χ0) is 12.7. The van der Waals surface area contributed by atoms with Gasteiger partial charge in [0.15, 0.2) is 0 Å². The molecule has 0 unspecified atom stereocenters. The molecule has 0 aliphatic heterocycles. The number of nitrogens with one attached hydrogen (secondary N) is 1. The smallest absolute Gasteiger partial charge is 0.224 e. The van der Waals surface area contributed by atoms with Crippen molar-refractivity contribution >= 4 is 45.8 Å². The molecule has 0 aromatic heterocycles. The number of anilines is 1. The number of terminal acetylenes is 1. The molecule has 0 saturated carbocycles. The van der Waals surface area contributed by atoms with E-state index < -0.39 is 0 Å². The van der Waals surface area contributed by atoms with Gasteiger partial charge in [-0.2, -0.15) is 0 Å². The first kappa shape index (κ1) is 14.3. The number of halogens is 2. The van der Waals surface area contributed by atoms with Gasteiger partial charge >= 0.3 is 0 Å². The molecule has 0 bridgehead atoms. The Bertz CT molecular complexity index is 440. The number of rotatable bonds is 5. The van der Waals surface area contributed by atoms with E-state index in [9.17, 15) is 4.79 Å². The molecule has 1 rings (SSSR count). The van der Waals surface area contributed by atoms with Crippen molar-refractivity contribution < 1.29 is 4.79 Å². The van der Waals surface area contributed by atoms with E-state index in [1.54, 1.807) is 0 Å². The normalized spacial score (nSPS) is 9.71. The zero-order valence-electron chi connectivity index (χ0n) is 9.30. The van der Waals surface area contributed by atoms with Crippen molar-refractivity contribution in [3.05, 3.63) is 26.8 Å². The first-order valence-corrected chi connectivity index (χ1v) is 6.77. The molecule has 2 nitrogen and oxygen atoms in total. The summed E-state index contributed by atoms with van der Waals surface area (Å²) in [6.45, 7) is 0. The van der Waals surface area contributed by atoms with Crippen LogP contribution >= 0.6 is 34.2 Å². The van der Waals surface area contributed by atoms with Crippen LogP contribution in [0.1, 0.15) is 25.7 Å². The lowest BCUT2D eigenvalue weighted by Crippen LogP contribution is -2.11. The van der Waals surface area contributed by atoms with Crippen LogP contribution in [0.5, 0.6) is 0 Å². The van der Waals surface area contributed by atoms with Gasteiger partial charge in [-0.1, -0.05) is 11.6 Å². The molecule has 0 spiro atoms. The van der Waals surface area contributed by atoms with Crippen molar-refractivity contribution in [1.82, 2.24) is 0 Å². The summed E-state index contributed by atoms with van der Waals surface area (Å²) in [6.07, 6.45) is 8.01. The van der Waals surface area contributed by atoms with Gasteiger partial charge in [0.1, 0.15) is 0 Å². The van der Waals surface area contributed by atoms with Gasteiger partial charge in [0.2, 0.25) is 5.91 Å². The fraction of sp³-hybridized carbons (Fsp3) is 0.308. The molecular weight excluding hydrogens is 349 g/mol. The molecule has 1 N–H and O–H groups in total. The van der Waals surface area contributed by atoms with E-state index in [0.29, 0.717) is 17.1 Å². The number of benzene rings is 1. The van der Waals surface area contributed by atoms with Crippen molar-refractivity contribution in [1.29, 1.82) is 0 Å². The van der Waals surface area contributed by atoms with Gasteiger partial charge in [-0.05, 0) is 53.6 Å². The van der Waals surface area contributed by atoms with Crippen molar-refractivity contribution in [2.75, 3.05) is 5.32 Å². The maximum atomic E-state index is 11.6. The number of amides is 1. The van der Waals surface area contributed by atoms with E-state index in [0.717, 1.165) is 22.8 Å². The molecule has 90 valence electrons. The highest BCUT2D eigenvalue weighted by Crippen LogP contribution is 2.24. The molecule has 1 aromatic carbocycles. The average molecular weight is 362 g/mol. The first-order valence-electron chi connectivity index (χ1n) is 5.32. The molecule has 0 atom stereocenters. The van der Waals surface area contributed by atoms with E-state index in [1.165, 1.54) is 0 Å². The Balaban J connectivity index is 2.43. The maximum absolute atomic E-state index is 11.6. The van der Waals surface area contributed by atoms with Crippen LogP contribution in [0, 0.1) is 15.9 Å². The summed E-state index contributed by atoms with van der Waals surface area (Å²) >= 11 is 8.18. The second-order valence-corrected chi connectivity index (χ2v) is 5.24. The van der Waals surface area contributed by atoms with E-state index in [-0.39, 0.29) is 5.91 Å². The largest absolute Gasteiger partial charge is 0.325 e. The van der Waals surface area contributed by atoms with Crippen LogP contribution in [0.15, 0.2) is 18.2 Å². The summed E-state index contributed by atoms with van der Waals surface area (Å²) < 4.78 is 1.04. The molecule has 0 fully saturated rings. The fourth-order valence-electron chi connectivity index (χ4n) is 1.32. The Morgan fingerprint density at radius 1 is 1.47 bits per heavy atom. The van der Waals surface area contributed by atoms with Gasteiger partial charge in [0, 0.05) is 16.4 Å². The van der Waals surface area contributed by atoms with Crippen LogP contribution in [-0.2, 0) is 4.79 Å². The number of carbonyl (C=O) groups excluding carboxylic acids is 1. The molecule has 17 heavy (non-hydrogen) atoms. The SMILES string of the molecule is C#CCCCCC(=O)Nc1ccc(I)cc1Cl. The minimum Gasteiger partial charge on any atom is -0.325 e. The number of hydrogen-bond acceptors (Lipinski definition) is 1. The molecule has 0 saturated heterocycles. The number of unbranched alkanes of at least 4 members (excludes halogenated alkanes) is 2. The molecule has 0 heterocycles. The molecule has 1 aromatic rings. The fourth-order valence-corrected chi connectivity index (χ4v) is 2.22. The Hall–Kier alpha value is -0.730. The summed E-state index contributed by atoms with van der Waals surface area (Å²) in [7, 11) is 0. The number of carbonyl (C=O) groups is 1. The van der Waals surface area contributed by atoms with Gasteiger partial charge in [0.05, 0.1) is 10.7 Å². The van der Waals surface area contributed by atoms with Gasteiger partial charge in [0.25, 0.3) is 0 Å². The predicted octanol–water partition coefficient (Wildman–Crippen LogP) is 4.08. The summed E-state index contributed by atoms with van der Waals surface area (Å²) in [6, 6.07) is 5.53. The minimum atomic E-state index is -0.0230. The molecule has 0 radical (unpaired) electrons. The lowest BCUT2D eigenvalue weighted by Gasteiger charge is -2.07. The predicted molar refractivity (Wildman–Crippen MR) is 80.1 cm³/mol.